The van der Waals surface area contributed by atoms with Crippen LogP contribution in [-0.4, -0.2) is 15.9 Å². The van der Waals surface area contributed by atoms with E-state index >= 15 is 0 Å². The van der Waals surface area contributed by atoms with Crippen molar-refractivity contribution in [3.8, 4) is 11.3 Å². The molecule has 0 fully saturated rings. The number of rotatable bonds is 3. The van der Waals surface area contributed by atoms with Crippen molar-refractivity contribution in [2.24, 2.45) is 0 Å². The number of nitrogens with one attached hydrogen (secondary N) is 1. The Balaban J connectivity index is 1.82. The van der Waals surface area contributed by atoms with Gasteiger partial charge in [-0.25, -0.2) is 9.97 Å². The number of thiazole rings is 1. The van der Waals surface area contributed by atoms with Crippen LogP contribution < -0.4 is 5.32 Å². The van der Waals surface area contributed by atoms with E-state index in [9.17, 15) is 4.79 Å². The number of pyridine rings is 1. The van der Waals surface area contributed by atoms with E-state index in [1.807, 2.05) is 55.6 Å². The van der Waals surface area contributed by atoms with E-state index in [-0.39, 0.29) is 5.91 Å². The molecule has 110 valence electrons. The monoisotopic (exact) mass is 309 g/mol. The van der Waals surface area contributed by atoms with Crippen LogP contribution in [0.1, 0.15) is 21.2 Å². The smallest absolute Gasteiger partial charge is 0.274 e. The summed E-state index contributed by atoms with van der Waals surface area (Å²) < 4.78 is 0. The van der Waals surface area contributed by atoms with Crippen LogP contribution in [-0.2, 0) is 0 Å². The lowest BCUT2D eigenvalue weighted by molar-refractivity contribution is 0.102. The van der Waals surface area contributed by atoms with Crippen molar-refractivity contribution >= 4 is 22.9 Å². The number of aryl methyl sites for hydroxylation is 2. The van der Waals surface area contributed by atoms with Crippen LogP contribution in [0.4, 0.5) is 5.69 Å². The Hall–Kier alpha value is -2.53. The second-order valence-corrected chi connectivity index (χ2v) is 6.01. The summed E-state index contributed by atoms with van der Waals surface area (Å²) in [5.41, 5.74) is 3.87. The predicted octanol–water partition coefficient (Wildman–Crippen LogP) is 4.07. The second-order valence-electron chi connectivity index (χ2n) is 4.95. The van der Waals surface area contributed by atoms with Gasteiger partial charge < -0.3 is 5.32 Å². The molecule has 0 bridgehead atoms. The van der Waals surface area contributed by atoms with Gasteiger partial charge in [-0.3, -0.25) is 4.79 Å². The number of hydrogen-bond acceptors (Lipinski definition) is 4. The highest BCUT2D eigenvalue weighted by molar-refractivity contribution is 7.09. The Labute approximate surface area is 132 Å². The van der Waals surface area contributed by atoms with Gasteiger partial charge in [-0.05, 0) is 38.1 Å². The number of nitrogens with zero attached hydrogens (tertiary/aromatic N) is 2. The van der Waals surface area contributed by atoms with E-state index in [1.165, 1.54) is 0 Å². The van der Waals surface area contributed by atoms with Crippen LogP contribution >= 0.6 is 11.3 Å². The lowest BCUT2D eigenvalue weighted by atomic mass is 10.1. The summed E-state index contributed by atoms with van der Waals surface area (Å²) in [7, 11) is 0. The average Bonchev–Trinajstić information content (AvgIpc) is 2.94. The SMILES string of the molecule is Cc1cccc(C(=O)Nc2cccc(-c3csc(C)n3)c2)n1. The highest BCUT2D eigenvalue weighted by atomic mass is 32.1. The maximum atomic E-state index is 12.2. The zero-order valence-electron chi connectivity index (χ0n) is 12.3. The summed E-state index contributed by atoms with van der Waals surface area (Å²) in [5, 5.41) is 5.91. The van der Waals surface area contributed by atoms with Crippen molar-refractivity contribution in [1.29, 1.82) is 0 Å². The summed E-state index contributed by atoms with van der Waals surface area (Å²) >= 11 is 1.61. The maximum Gasteiger partial charge on any atom is 0.274 e. The first kappa shape index (κ1) is 14.4. The summed E-state index contributed by atoms with van der Waals surface area (Å²) in [6.07, 6.45) is 0. The number of anilines is 1. The van der Waals surface area contributed by atoms with Gasteiger partial charge in [0.2, 0.25) is 0 Å². The van der Waals surface area contributed by atoms with Crippen molar-refractivity contribution in [3.05, 3.63) is 64.2 Å². The molecule has 3 aromatic rings. The van der Waals surface area contributed by atoms with Gasteiger partial charge in [-0.15, -0.1) is 11.3 Å². The molecule has 5 heteroatoms. The highest BCUT2D eigenvalue weighted by Gasteiger charge is 2.09. The molecule has 2 heterocycles. The Morgan fingerprint density at radius 1 is 1.09 bits per heavy atom. The quantitative estimate of drug-likeness (QED) is 0.793. The standard InChI is InChI=1S/C17H15N3OS/c1-11-5-3-8-15(18-11)17(21)20-14-7-4-6-13(9-14)16-10-22-12(2)19-16/h3-10H,1-2H3,(H,20,21). The molecule has 22 heavy (non-hydrogen) atoms. The minimum absolute atomic E-state index is 0.213. The summed E-state index contributed by atoms with van der Waals surface area (Å²) in [5.74, 6) is -0.213. The van der Waals surface area contributed by atoms with Gasteiger partial charge in [-0.2, -0.15) is 0 Å². The molecule has 0 spiro atoms. The summed E-state index contributed by atoms with van der Waals surface area (Å²) in [6.45, 7) is 3.84. The molecule has 4 nitrogen and oxygen atoms in total. The topological polar surface area (TPSA) is 54.9 Å². The zero-order valence-corrected chi connectivity index (χ0v) is 13.1. The number of carbonyl (C=O) groups is 1. The van der Waals surface area contributed by atoms with E-state index in [0.717, 1.165) is 27.6 Å². The van der Waals surface area contributed by atoms with Gasteiger partial charge in [-0.1, -0.05) is 18.2 Å². The third-order valence-electron chi connectivity index (χ3n) is 3.16. The van der Waals surface area contributed by atoms with Gasteiger partial charge >= 0.3 is 0 Å². The van der Waals surface area contributed by atoms with Crippen LogP contribution in [0.15, 0.2) is 47.8 Å². The van der Waals surface area contributed by atoms with Crippen molar-refractivity contribution in [2.45, 2.75) is 13.8 Å². The fourth-order valence-electron chi connectivity index (χ4n) is 2.12. The maximum absolute atomic E-state index is 12.2. The fourth-order valence-corrected chi connectivity index (χ4v) is 2.74. The predicted molar refractivity (Wildman–Crippen MR) is 89.2 cm³/mol. The van der Waals surface area contributed by atoms with Crippen molar-refractivity contribution in [1.82, 2.24) is 9.97 Å². The van der Waals surface area contributed by atoms with Crippen molar-refractivity contribution < 1.29 is 4.79 Å². The number of carbonyl (C=O) groups excluding carboxylic acids is 1. The van der Waals surface area contributed by atoms with Crippen LogP contribution in [0.25, 0.3) is 11.3 Å². The Bertz CT molecular complexity index is 826. The van der Waals surface area contributed by atoms with Crippen LogP contribution in [0.3, 0.4) is 0 Å². The zero-order chi connectivity index (χ0) is 15.5. The van der Waals surface area contributed by atoms with Crippen LogP contribution in [0.5, 0.6) is 0 Å². The average molecular weight is 309 g/mol. The fraction of sp³-hybridized carbons (Fsp3) is 0.118. The molecule has 0 atom stereocenters. The number of amides is 1. The molecule has 0 saturated heterocycles. The van der Waals surface area contributed by atoms with E-state index in [0.29, 0.717) is 5.69 Å². The molecule has 1 aromatic carbocycles. The molecule has 3 rings (SSSR count). The highest BCUT2D eigenvalue weighted by Crippen LogP contribution is 2.24. The van der Waals surface area contributed by atoms with Gasteiger partial charge in [0.05, 0.1) is 10.7 Å². The van der Waals surface area contributed by atoms with Crippen molar-refractivity contribution in [2.75, 3.05) is 5.32 Å². The minimum Gasteiger partial charge on any atom is -0.321 e. The second kappa shape index (κ2) is 6.07. The lowest BCUT2D eigenvalue weighted by Crippen LogP contribution is -2.13. The lowest BCUT2D eigenvalue weighted by Gasteiger charge is -2.06. The molecule has 1 amide bonds. The minimum atomic E-state index is -0.213. The first-order valence-corrected chi connectivity index (χ1v) is 7.77. The first-order chi connectivity index (χ1) is 10.6. The first-order valence-electron chi connectivity index (χ1n) is 6.89. The normalized spacial score (nSPS) is 10.5. The third kappa shape index (κ3) is 3.20. The van der Waals surface area contributed by atoms with Crippen LogP contribution in [0.2, 0.25) is 0 Å². The molecular formula is C17H15N3OS. The number of aromatic nitrogens is 2. The van der Waals surface area contributed by atoms with Gasteiger partial charge in [0.15, 0.2) is 0 Å². The summed E-state index contributed by atoms with van der Waals surface area (Å²) in [6, 6.07) is 13.1. The van der Waals surface area contributed by atoms with Crippen molar-refractivity contribution in [3.63, 3.8) is 0 Å². The Morgan fingerprint density at radius 2 is 1.91 bits per heavy atom. The molecule has 1 N–H and O–H groups in total. The molecule has 0 aliphatic rings. The third-order valence-corrected chi connectivity index (χ3v) is 3.93. The molecule has 0 saturated carbocycles. The van der Waals surface area contributed by atoms with Crippen LogP contribution in [0, 0.1) is 13.8 Å². The van der Waals surface area contributed by atoms with Gasteiger partial charge in [0.25, 0.3) is 5.91 Å². The summed E-state index contributed by atoms with van der Waals surface area (Å²) in [4.78, 5) is 20.9. The number of hydrogen-bond donors (Lipinski definition) is 1. The molecule has 0 unspecified atom stereocenters. The number of benzene rings is 1. The van der Waals surface area contributed by atoms with Gasteiger partial charge in [0.1, 0.15) is 5.69 Å². The molecule has 2 aromatic heterocycles. The van der Waals surface area contributed by atoms with E-state index in [4.69, 9.17) is 0 Å². The molecule has 0 aliphatic heterocycles. The molecular weight excluding hydrogens is 294 g/mol. The van der Waals surface area contributed by atoms with E-state index in [1.54, 1.807) is 17.4 Å². The van der Waals surface area contributed by atoms with Gasteiger partial charge in [0, 0.05) is 22.3 Å². The molecule has 0 aliphatic carbocycles. The Kier molecular flexibility index (Phi) is 3.98. The molecule has 0 radical (unpaired) electrons. The Morgan fingerprint density at radius 3 is 2.64 bits per heavy atom. The van der Waals surface area contributed by atoms with E-state index in [2.05, 4.69) is 15.3 Å². The van der Waals surface area contributed by atoms with E-state index < -0.39 is 0 Å². The largest absolute Gasteiger partial charge is 0.321 e.